The van der Waals surface area contributed by atoms with Crippen LogP contribution >= 0.6 is 0 Å². The van der Waals surface area contributed by atoms with Crippen molar-refractivity contribution in [3.05, 3.63) is 72.6 Å². The zero-order valence-electron chi connectivity index (χ0n) is 15.8. The third-order valence-corrected chi connectivity index (χ3v) is 4.45. The number of aromatic nitrogens is 3. The number of hydrogen-bond acceptors (Lipinski definition) is 5. The van der Waals surface area contributed by atoms with Gasteiger partial charge in [-0.15, -0.1) is 0 Å². The zero-order valence-corrected chi connectivity index (χ0v) is 15.8. The van der Waals surface area contributed by atoms with E-state index in [4.69, 9.17) is 4.74 Å². The monoisotopic (exact) mass is 373 g/mol. The fourth-order valence-corrected chi connectivity index (χ4v) is 3.11. The molecule has 142 valence electrons. The van der Waals surface area contributed by atoms with Crippen molar-refractivity contribution in [2.45, 2.75) is 13.3 Å². The lowest BCUT2D eigenvalue weighted by Gasteiger charge is -2.09. The van der Waals surface area contributed by atoms with Gasteiger partial charge in [0, 0.05) is 35.5 Å². The lowest BCUT2D eigenvalue weighted by atomic mass is 10.1. The molecule has 2 heterocycles. The van der Waals surface area contributed by atoms with Crippen LogP contribution in [0.15, 0.2) is 67.0 Å². The molecule has 3 N–H and O–H groups in total. The highest BCUT2D eigenvalue weighted by Crippen LogP contribution is 2.20. The Hall–Kier alpha value is -3.54. The Balaban J connectivity index is 1.35. The fourth-order valence-electron chi connectivity index (χ4n) is 3.11. The number of H-pyrrole nitrogens is 1. The number of aromatic amines is 1. The molecule has 0 saturated heterocycles. The standard InChI is InChI=1S/C22H23N5O/c1-2-28-18-9-7-17(8-10-18)26-21-12-14-24-22(27-21)23-13-11-16-15-25-20-6-4-3-5-19(16)20/h3-10,12,14-15,25H,2,11,13H2,1H3,(H2,23,24,26,27). The van der Waals surface area contributed by atoms with Gasteiger partial charge in [0.1, 0.15) is 11.6 Å². The molecule has 0 atom stereocenters. The summed E-state index contributed by atoms with van der Waals surface area (Å²) in [6.07, 6.45) is 4.71. The Labute approximate surface area is 164 Å². The molecular weight excluding hydrogens is 350 g/mol. The molecule has 2 aromatic heterocycles. The van der Waals surface area contributed by atoms with E-state index >= 15 is 0 Å². The minimum Gasteiger partial charge on any atom is -0.494 e. The number of benzene rings is 2. The number of ether oxygens (including phenoxy) is 1. The van der Waals surface area contributed by atoms with E-state index < -0.39 is 0 Å². The molecule has 0 radical (unpaired) electrons. The van der Waals surface area contributed by atoms with Crippen molar-refractivity contribution in [3.8, 4) is 5.75 Å². The smallest absolute Gasteiger partial charge is 0.224 e. The van der Waals surface area contributed by atoms with Crippen molar-refractivity contribution >= 4 is 28.4 Å². The third kappa shape index (κ3) is 4.23. The second-order valence-electron chi connectivity index (χ2n) is 6.38. The van der Waals surface area contributed by atoms with Crippen LogP contribution in [0.1, 0.15) is 12.5 Å². The highest BCUT2D eigenvalue weighted by atomic mass is 16.5. The summed E-state index contributed by atoms with van der Waals surface area (Å²) >= 11 is 0. The van der Waals surface area contributed by atoms with Crippen LogP contribution in [-0.2, 0) is 6.42 Å². The predicted octanol–water partition coefficient (Wildman–Crippen LogP) is 4.75. The van der Waals surface area contributed by atoms with E-state index in [0.29, 0.717) is 12.6 Å². The van der Waals surface area contributed by atoms with E-state index in [2.05, 4.69) is 50.0 Å². The summed E-state index contributed by atoms with van der Waals surface area (Å²) in [6.45, 7) is 3.39. The second-order valence-corrected chi connectivity index (χ2v) is 6.38. The lowest BCUT2D eigenvalue weighted by molar-refractivity contribution is 0.340. The number of para-hydroxylation sites is 1. The molecule has 2 aromatic carbocycles. The summed E-state index contributed by atoms with van der Waals surface area (Å²) in [4.78, 5) is 12.2. The molecule has 6 heteroatoms. The molecule has 0 bridgehead atoms. The minimum absolute atomic E-state index is 0.607. The van der Waals surface area contributed by atoms with E-state index in [1.165, 1.54) is 10.9 Å². The number of hydrogen-bond donors (Lipinski definition) is 3. The molecule has 28 heavy (non-hydrogen) atoms. The van der Waals surface area contributed by atoms with Crippen LogP contribution in [0.25, 0.3) is 10.9 Å². The number of rotatable bonds is 8. The maximum atomic E-state index is 5.47. The summed E-state index contributed by atoms with van der Waals surface area (Å²) in [5.41, 5.74) is 3.40. The molecule has 0 saturated carbocycles. The maximum Gasteiger partial charge on any atom is 0.224 e. The molecule has 0 amide bonds. The second kappa shape index (κ2) is 8.43. The normalized spacial score (nSPS) is 10.8. The van der Waals surface area contributed by atoms with Crippen molar-refractivity contribution in [3.63, 3.8) is 0 Å². The van der Waals surface area contributed by atoms with Gasteiger partial charge < -0.3 is 20.4 Å². The van der Waals surface area contributed by atoms with Gasteiger partial charge in [0.25, 0.3) is 0 Å². The van der Waals surface area contributed by atoms with Gasteiger partial charge in [-0.2, -0.15) is 4.98 Å². The lowest BCUT2D eigenvalue weighted by Crippen LogP contribution is -2.08. The van der Waals surface area contributed by atoms with Crippen LogP contribution < -0.4 is 15.4 Å². The Kier molecular flexibility index (Phi) is 5.38. The van der Waals surface area contributed by atoms with E-state index in [1.54, 1.807) is 6.20 Å². The molecule has 0 fully saturated rings. The predicted molar refractivity (Wildman–Crippen MR) is 113 cm³/mol. The first-order valence-electron chi connectivity index (χ1n) is 9.43. The Morgan fingerprint density at radius 2 is 1.89 bits per heavy atom. The van der Waals surface area contributed by atoms with Crippen molar-refractivity contribution in [1.29, 1.82) is 0 Å². The SMILES string of the molecule is CCOc1ccc(Nc2ccnc(NCCc3c[nH]c4ccccc34)n2)cc1. The number of fused-ring (bicyclic) bond motifs is 1. The topological polar surface area (TPSA) is 74.9 Å². The van der Waals surface area contributed by atoms with E-state index in [-0.39, 0.29) is 0 Å². The van der Waals surface area contributed by atoms with Crippen LogP contribution in [0.2, 0.25) is 0 Å². The summed E-state index contributed by atoms with van der Waals surface area (Å²) in [7, 11) is 0. The molecular formula is C22H23N5O. The Bertz CT molecular complexity index is 1040. The average molecular weight is 373 g/mol. The summed E-state index contributed by atoms with van der Waals surface area (Å²) in [5.74, 6) is 2.21. The van der Waals surface area contributed by atoms with E-state index in [1.807, 2.05) is 43.3 Å². The molecule has 4 aromatic rings. The number of nitrogens with zero attached hydrogens (tertiary/aromatic N) is 2. The van der Waals surface area contributed by atoms with Crippen molar-refractivity contribution in [2.75, 3.05) is 23.8 Å². The first-order valence-corrected chi connectivity index (χ1v) is 9.43. The summed E-state index contributed by atoms with van der Waals surface area (Å²) in [5, 5.41) is 7.85. The largest absolute Gasteiger partial charge is 0.494 e. The fraction of sp³-hybridized carbons (Fsp3) is 0.182. The van der Waals surface area contributed by atoms with Gasteiger partial charge in [-0.25, -0.2) is 4.98 Å². The van der Waals surface area contributed by atoms with Crippen LogP contribution in [0.4, 0.5) is 17.5 Å². The van der Waals surface area contributed by atoms with Crippen LogP contribution in [0.3, 0.4) is 0 Å². The summed E-state index contributed by atoms with van der Waals surface area (Å²) < 4.78 is 5.47. The highest BCUT2D eigenvalue weighted by molar-refractivity contribution is 5.83. The molecule has 6 nitrogen and oxygen atoms in total. The number of anilines is 3. The average Bonchev–Trinajstić information content (AvgIpc) is 3.13. The molecule has 0 aliphatic rings. The van der Waals surface area contributed by atoms with Gasteiger partial charge in [-0.3, -0.25) is 0 Å². The maximum absolute atomic E-state index is 5.47. The Morgan fingerprint density at radius 3 is 2.75 bits per heavy atom. The van der Waals surface area contributed by atoms with Gasteiger partial charge in [-0.05, 0) is 55.3 Å². The third-order valence-electron chi connectivity index (χ3n) is 4.45. The van der Waals surface area contributed by atoms with Crippen molar-refractivity contribution in [2.24, 2.45) is 0 Å². The van der Waals surface area contributed by atoms with Gasteiger partial charge >= 0.3 is 0 Å². The molecule has 0 aliphatic heterocycles. The molecule has 0 unspecified atom stereocenters. The zero-order chi connectivity index (χ0) is 19.2. The van der Waals surface area contributed by atoms with Gasteiger partial charge in [0.2, 0.25) is 5.95 Å². The van der Waals surface area contributed by atoms with Crippen LogP contribution in [0.5, 0.6) is 5.75 Å². The van der Waals surface area contributed by atoms with Crippen LogP contribution in [-0.4, -0.2) is 28.1 Å². The quantitative estimate of drug-likeness (QED) is 0.415. The minimum atomic E-state index is 0.607. The van der Waals surface area contributed by atoms with E-state index in [0.717, 1.165) is 35.7 Å². The van der Waals surface area contributed by atoms with Gasteiger partial charge in [0.05, 0.1) is 6.61 Å². The number of nitrogens with one attached hydrogen (secondary N) is 3. The van der Waals surface area contributed by atoms with Crippen LogP contribution in [0, 0.1) is 0 Å². The highest BCUT2D eigenvalue weighted by Gasteiger charge is 2.04. The van der Waals surface area contributed by atoms with Crippen molar-refractivity contribution in [1.82, 2.24) is 15.0 Å². The Morgan fingerprint density at radius 1 is 1.04 bits per heavy atom. The van der Waals surface area contributed by atoms with Gasteiger partial charge in [0.15, 0.2) is 0 Å². The van der Waals surface area contributed by atoms with E-state index in [9.17, 15) is 0 Å². The first kappa shape index (κ1) is 17.9. The first-order chi connectivity index (χ1) is 13.8. The summed E-state index contributed by atoms with van der Waals surface area (Å²) in [6, 6.07) is 18.0. The van der Waals surface area contributed by atoms with Crippen molar-refractivity contribution < 1.29 is 4.74 Å². The molecule has 4 rings (SSSR count). The van der Waals surface area contributed by atoms with Gasteiger partial charge in [-0.1, -0.05) is 18.2 Å². The molecule has 0 aliphatic carbocycles. The molecule has 0 spiro atoms.